The van der Waals surface area contributed by atoms with Crippen molar-refractivity contribution in [1.29, 1.82) is 0 Å². The van der Waals surface area contributed by atoms with E-state index in [0.717, 1.165) is 0 Å². The van der Waals surface area contributed by atoms with Crippen molar-refractivity contribution < 1.29 is 28.0 Å². The van der Waals surface area contributed by atoms with Gasteiger partial charge in [0.05, 0.1) is 66.1 Å². The smallest absolute Gasteiger partial charge is 0.264 e. The molecule has 0 unspecified atom stereocenters. The minimum absolute atomic E-state index is 0.525. The molecule has 7 nitrogen and oxygen atoms in total. The zero-order chi connectivity index (χ0) is 16.8. The van der Waals surface area contributed by atoms with Gasteiger partial charge in [-0.25, -0.2) is 4.67 Å². The van der Waals surface area contributed by atoms with E-state index >= 15 is 0 Å². The molecular weight excluding hydrogens is 341 g/mol. The van der Waals surface area contributed by atoms with Gasteiger partial charge in [0.15, 0.2) is 0 Å². The molecule has 1 aliphatic heterocycles. The van der Waals surface area contributed by atoms with Crippen LogP contribution in [0.15, 0.2) is 0 Å². The van der Waals surface area contributed by atoms with Gasteiger partial charge in [-0.2, -0.15) is 0 Å². The highest BCUT2D eigenvalue weighted by molar-refractivity contribution is 8.08. The lowest BCUT2D eigenvalue weighted by atomic mass is 10.6. The average Bonchev–Trinajstić information content (AvgIpc) is 2.53. The van der Waals surface area contributed by atoms with Crippen LogP contribution in [0.25, 0.3) is 0 Å². The summed E-state index contributed by atoms with van der Waals surface area (Å²) in [5, 5.41) is 0. The highest BCUT2D eigenvalue weighted by Crippen LogP contribution is 2.51. The van der Waals surface area contributed by atoms with Crippen LogP contribution in [-0.4, -0.2) is 83.8 Å². The number of nitrogens with zero attached hydrogens (tertiary/aromatic N) is 1. The fourth-order valence-corrected chi connectivity index (χ4v) is 4.81. The first-order chi connectivity index (χ1) is 11.2. The maximum Gasteiger partial charge on any atom is 0.264 e. The van der Waals surface area contributed by atoms with Gasteiger partial charge >= 0.3 is 0 Å². The van der Waals surface area contributed by atoms with Crippen molar-refractivity contribution in [3.63, 3.8) is 0 Å². The normalized spacial score (nSPS) is 21.5. The molecule has 0 aromatic heterocycles. The highest BCUT2D eigenvalue weighted by Gasteiger charge is 2.27. The van der Waals surface area contributed by atoms with Crippen molar-refractivity contribution in [1.82, 2.24) is 4.67 Å². The molecule has 23 heavy (non-hydrogen) atoms. The standard InChI is InChI=1S/C14H30NO6PS/c1-3-20-22(23,21-4-2)15-5-7-16-9-11-18-13-14-19-12-10-17-8-6-15/h3-14H2,1-2H3. The SMILES string of the molecule is CCOP(=S)(OCC)N1CCOCCOCCOCCOCC1. The Morgan fingerprint density at radius 2 is 1.09 bits per heavy atom. The molecule has 1 rings (SSSR count). The van der Waals surface area contributed by atoms with E-state index < -0.39 is 6.64 Å². The Morgan fingerprint density at radius 3 is 1.43 bits per heavy atom. The van der Waals surface area contributed by atoms with Crippen LogP contribution >= 0.6 is 6.64 Å². The summed E-state index contributed by atoms with van der Waals surface area (Å²) in [5.74, 6) is 0. The van der Waals surface area contributed by atoms with E-state index in [1.54, 1.807) is 0 Å². The molecule has 1 saturated heterocycles. The predicted octanol–water partition coefficient (Wildman–Crippen LogP) is 1.67. The summed E-state index contributed by atoms with van der Waals surface area (Å²) in [6.07, 6.45) is 0. The van der Waals surface area contributed by atoms with E-state index in [1.165, 1.54) is 0 Å². The zero-order valence-corrected chi connectivity index (χ0v) is 15.9. The Hall–Kier alpha value is 0.370. The lowest BCUT2D eigenvalue weighted by Gasteiger charge is -2.33. The van der Waals surface area contributed by atoms with Gasteiger partial charge in [-0.1, -0.05) is 0 Å². The molecule has 0 aromatic rings. The first-order valence-electron chi connectivity index (χ1n) is 8.18. The Kier molecular flexibility index (Phi) is 12.7. The number of ether oxygens (including phenoxy) is 4. The summed E-state index contributed by atoms with van der Waals surface area (Å²) in [6.45, 7) is 8.20. The van der Waals surface area contributed by atoms with Crippen LogP contribution in [0.4, 0.5) is 0 Å². The van der Waals surface area contributed by atoms with E-state index in [1.807, 2.05) is 18.5 Å². The lowest BCUT2D eigenvalue weighted by Crippen LogP contribution is -2.30. The Morgan fingerprint density at radius 1 is 0.739 bits per heavy atom. The molecule has 138 valence electrons. The molecule has 0 aliphatic carbocycles. The van der Waals surface area contributed by atoms with Crippen LogP contribution in [0.2, 0.25) is 0 Å². The van der Waals surface area contributed by atoms with Gasteiger partial charge in [0, 0.05) is 13.1 Å². The summed E-state index contributed by atoms with van der Waals surface area (Å²) in [4.78, 5) is 0. The third-order valence-electron chi connectivity index (χ3n) is 3.03. The van der Waals surface area contributed by atoms with Crippen molar-refractivity contribution in [2.45, 2.75) is 13.8 Å². The topological polar surface area (TPSA) is 58.6 Å². The Balaban J connectivity index is 2.58. The summed E-state index contributed by atoms with van der Waals surface area (Å²) in [5.41, 5.74) is 0. The highest BCUT2D eigenvalue weighted by atomic mass is 32.5. The number of hydrogen-bond acceptors (Lipinski definition) is 7. The van der Waals surface area contributed by atoms with Crippen molar-refractivity contribution in [3.05, 3.63) is 0 Å². The van der Waals surface area contributed by atoms with E-state index in [9.17, 15) is 0 Å². The molecule has 0 N–H and O–H groups in total. The zero-order valence-electron chi connectivity index (χ0n) is 14.2. The minimum atomic E-state index is -2.48. The summed E-state index contributed by atoms with van der Waals surface area (Å²) >= 11 is 5.67. The maximum atomic E-state index is 5.77. The van der Waals surface area contributed by atoms with Crippen LogP contribution in [0.1, 0.15) is 13.8 Å². The van der Waals surface area contributed by atoms with Crippen LogP contribution in [-0.2, 0) is 39.8 Å². The molecule has 0 amide bonds. The van der Waals surface area contributed by atoms with Crippen molar-refractivity contribution >= 4 is 18.4 Å². The molecule has 0 bridgehead atoms. The lowest BCUT2D eigenvalue weighted by molar-refractivity contribution is 0.00206. The van der Waals surface area contributed by atoms with Crippen molar-refractivity contribution in [2.24, 2.45) is 0 Å². The second-order valence-electron chi connectivity index (χ2n) is 4.71. The van der Waals surface area contributed by atoms with E-state index in [2.05, 4.69) is 0 Å². The van der Waals surface area contributed by atoms with Gasteiger partial charge in [-0.05, 0) is 25.7 Å². The molecule has 0 radical (unpaired) electrons. The Bertz CT molecular complexity index is 310. The molecule has 9 heteroatoms. The molecular formula is C14H30NO6PS. The molecule has 1 aliphatic rings. The minimum Gasteiger partial charge on any atom is -0.378 e. The van der Waals surface area contributed by atoms with Gasteiger partial charge in [-0.15, -0.1) is 0 Å². The van der Waals surface area contributed by atoms with Crippen LogP contribution in [0, 0.1) is 0 Å². The first kappa shape index (κ1) is 21.4. The predicted molar refractivity (Wildman–Crippen MR) is 92.4 cm³/mol. The van der Waals surface area contributed by atoms with Gasteiger partial charge in [0.1, 0.15) is 0 Å². The average molecular weight is 371 g/mol. The van der Waals surface area contributed by atoms with E-state index in [4.69, 9.17) is 39.8 Å². The van der Waals surface area contributed by atoms with Crippen molar-refractivity contribution in [2.75, 3.05) is 79.2 Å². The summed E-state index contributed by atoms with van der Waals surface area (Å²) < 4.78 is 35.6. The van der Waals surface area contributed by atoms with Crippen LogP contribution in [0.5, 0.6) is 0 Å². The quantitative estimate of drug-likeness (QED) is 0.677. The second kappa shape index (κ2) is 13.6. The molecule has 0 atom stereocenters. The first-order valence-corrected chi connectivity index (χ1v) is 10.8. The third-order valence-corrected chi connectivity index (χ3v) is 6.62. The van der Waals surface area contributed by atoms with E-state index in [-0.39, 0.29) is 0 Å². The van der Waals surface area contributed by atoms with Gasteiger partial charge < -0.3 is 28.0 Å². The Labute approximate surface area is 144 Å². The van der Waals surface area contributed by atoms with Gasteiger partial charge in [0.2, 0.25) is 0 Å². The van der Waals surface area contributed by atoms with Gasteiger partial charge in [0.25, 0.3) is 6.64 Å². The molecule has 1 fully saturated rings. The largest absolute Gasteiger partial charge is 0.378 e. The maximum absolute atomic E-state index is 5.77. The molecule has 0 spiro atoms. The third kappa shape index (κ3) is 9.43. The van der Waals surface area contributed by atoms with E-state index in [0.29, 0.717) is 79.2 Å². The monoisotopic (exact) mass is 371 g/mol. The van der Waals surface area contributed by atoms with Crippen molar-refractivity contribution in [3.8, 4) is 0 Å². The molecule has 0 aromatic carbocycles. The molecule has 0 saturated carbocycles. The summed E-state index contributed by atoms with van der Waals surface area (Å²) in [7, 11) is 0. The van der Waals surface area contributed by atoms with Crippen LogP contribution < -0.4 is 0 Å². The van der Waals surface area contributed by atoms with Crippen LogP contribution in [0.3, 0.4) is 0 Å². The fourth-order valence-electron chi connectivity index (χ4n) is 1.99. The van der Waals surface area contributed by atoms with Gasteiger partial charge in [-0.3, -0.25) is 0 Å². The second-order valence-corrected chi connectivity index (χ2v) is 8.11. The number of hydrogen-bond donors (Lipinski definition) is 0. The summed E-state index contributed by atoms with van der Waals surface area (Å²) in [6, 6.07) is 0. The molecule has 1 heterocycles. The number of rotatable bonds is 5. The fraction of sp³-hybridized carbons (Fsp3) is 1.00.